The van der Waals surface area contributed by atoms with Crippen molar-refractivity contribution >= 4 is 17.5 Å². The first-order chi connectivity index (χ1) is 7.11. The van der Waals surface area contributed by atoms with E-state index in [1.807, 2.05) is 0 Å². The SMILES string of the molecule is O=C(CO)NCCc1cc(F)cc(Cl)c1. The predicted octanol–water partition coefficient (Wildman–Crippen LogP) is 1.13. The van der Waals surface area contributed by atoms with Gasteiger partial charge in [-0.05, 0) is 30.2 Å². The third-order valence-electron chi connectivity index (χ3n) is 1.80. The monoisotopic (exact) mass is 231 g/mol. The summed E-state index contributed by atoms with van der Waals surface area (Å²) in [5.41, 5.74) is 0.707. The van der Waals surface area contributed by atoms with Gasteiger partial charge in [-0.25, -0.2) is 4.39 Å². The maximum Gasteiger partial charge on any atom is 0.245 e. The third-order valence-corrected chi connectivity index (χ3v) is 2.02. The minimum Gasteiger partial charge on any atom is -0.387 e. The molecule has 0 aliphatic rings. The summed E-state index contributed by atoms with van der Waals surface area (Å²) in [4.78, 5) is 10.7. The molecule has 1 aromatic carbocycles. The van der Waals surface area contributed by atoms with Crippen LogP contribution in [0.15, 0.2) is 18.2 Å². The Morgan fingerprint density at radius 1 is 1.47 bits per heavy atom. The van der Waals surface area contributed by atoms with E-state index in [1.165, 1.54) is 12.1 Å². The van der Waals surface area contributed by atoms with Crippen molar-refractivity contribution in [3.63, 3.8) is 0 Å². The van der Waals surface area contributed by atoms with Crippen LogP contribution in [0.5, 0.6) is 0 Å². The Hall–Kier alpha value is -1.13. The fourth-order valence-electron chi connectivity index (χ4n) is 1.16. The standard InChI is InChI=1S/C10H11ClFNO2/c11-8-3-7(4-9(12)5-8)1-2-13-10(15)6-14/h3-5,14H,1-2,6H2,(H,13,15). The normalized spacial score (nSPS) is 10.1. The van der Waals surface area contributed by atoms with E-state index < -0.39 is 18.3 Å². The van der Waals surface area contributed by atoms with Gasteiger partial charge >= 0.3 is 0 Å². The van der Waals surface area contributed by atoms with Gasteiger partial charge in [-0.3, -0.25) is 4.79 Å². The number of aliphatic hydroxyl groups excluding tert-OH is 1. The van der Waals surface area contributed by atoms with E-state index >= 15 is 0 Å². The predicted molar refractivity (Wildman–Crippen MR) is 55.2 cm³/mol. The first kappa shape index (κ1) is 11.9. The van der Waals surface area contributed by atoms with Crippen LogP contribution in [-0.2, 0) is 11.2 Å². The van der Waals surface area contributed by atoms with Crippen molar-refractivity contribution in [2.75, 3.05) is 13.2 Å². The Labute approximate surface area is 91.9 Å². The Morgan fingerprint density at radius 3 is 2.80 bits per heavy atom. The van der Waals surface area contributed by atoms with Crippen LogP contribution in [0.25, 0.3) is 0 Å². The molecule has 82 valence electrons. The Balaban J connectivity index is 2.47. The molecular formula is C10H11ClFNO2. The number of benzene rings is 1. The van der Waals surface area contributed by atoms with Gasteiger partial charge in [0.1, 0.15) is 12.4 Å². The van der Waals surface area contributed by atoms with E-state index in [9.17, 15) is 9.18 Å². The number of hydrogen-bond acceptors (Lipinski definition) is 2. The average molecular weight is 232 g/mol. The molecule has 5 heteroatoms. The lowest BCUT2D eigenvalue weighted by Gasteiger charge is -2.04. The molecule has 0 bridgehead atoms. The van der Waals surface area contributed by atoms with Crippen molar-refractivity contribution in [1.82, 2.24) is 5.32 Å². The summed E-state index contributed by atoms with van der Waals surface area (Å²) in [5, 5.41) is 11.2. The minimum atomic E-state index is -0.538. The summed E-state index contributed by atoms with van der Waals surface area (Å²) >= 11 is 5.65. The zero-order valence-corrected chi connectivity index (χ0v) is 8.72. The maximum absolute atomic E-state index is 12.9. The second-order valence-corrected chi connectivity index (χ2v) is 3.47. The van der Waals surface area contributed by atoms with Gasteiger partial charge in [0.25, 0.3) is 0 Å². The Morgan fingerprint density at radius 2 is 2.20 bits per heavy atom. The van der Waals surface area contributed by atoms with Crippen molar-refractivity contribution in [2.45, 2.75) is 6.42 Å². The second-order valence-electron chi connectivity index (χ2n) is 3.04. The fourth-order valence-corrected chi connectivity index (χ4v) is 1.40. The molecule has 0 saturated heterocycles. The minimum absolute atomic E-state index is 0.332. The second kappa shape index (κ2) is 5.68. The Kier molecular flexibility index (Phi) is 4.52. The highest BCUT2D eigenvalue weighted by Crippen LogP contribution is 2.14. The van der Waals surface area contributed by atoms with Crippen molar-refractivity contribution < 1.29 is 14.3 Å². The van der Waals surface area contributed by atoms with Crippen molar-refractivity contribution in [2.24, 2.45) is 0 Å². The highest BCUT2D eigenvalue weighted by atomic mass is 35.5. The summed E-state index contributed by atoms with van der Waals surface area (Å²) in [7, 11) is 0. The van der Waals surface area contributed by atoms with Crippen LogP contribution in [-0.4, -0.2) is 24.2 Å². The van der Waals surface area contributed by atoms with Crippen LogP contribution < -0.4 is 5.32 Å². The smallest absolute Gasteiger partial charge is 0.245 e. The molecule has 0 atom stereocenters. The maximum atomic E-state index is 12.9. The molecule has 1 rings (SSSR count). The van der Waals surface area contributed by atoms with Crippen molar-refractivity contribution in [3.05, 3.63) is 34.6 Å². The largest absolute Gasteiger partial charge is 0.387 e. The van der Waals surface area contributed by atoms with Gasteiger partial charge in [0, 0.05) is 11.6 Å². The van der Waals surface area contributed by atoms with Gasteiger partial charge in [0.2, 0.25) is 5.91 Å². The van der Waals surface area contributed by atoms with Gasteiger partial charge in [0.15, 0.2) is 0 Å². The molecule has 1 aromatic rings. The lowest BCUT2D eigenvalue weighted by molar-refractivity contribution is -0.123. The molecule has 0 spiro atoms. The summed E-state index contributed by atoms with van der Waals surface area (Å²) in [5.74, 6) is -0.844. The zero-order valence-electron chi connectivity index (χ0n) is 7.96. The van der Waals surface area contributed by atoms with Crippen LogP contribution in [0.1, 0.15) is 5.56 Å². The number of aliphatic hydroxyl groups is 1. The molecule has 3 nitrogen and oxygen atoms in total. The quantitative estimate of drug-likeness (QED) is 0.816. The number of carbonyl (C=O) groups is 1. The number of halogens is 2. The number of amides is 1. The summed E-state index contributed by atoms with van der Waals surface area (Å²) in [6.45, 7) is -0.191. The van der Waals surface area contributed by atoms with E-state index in [-0.39, 0.29) is 0 Å². The lowest BCUT2D eigenvalue weighted by Crippen LogP contribution is -2.28. The Bertz CT molecular complexity index is 337. The van der Waals surface area contributed by atoms with Crippen LogP contribution in [0, 0.1) is 5.82 Å². The van der Waals surface area contributed by atoms with Crippen LogP contribution in [0.3, 0.4) is 0 Å². The van der Waals surface area contributed by atoms with Gasteiger partial charge < -0.3 is 10.4 Å². The van der Waals surface area contributed by atoms with Gasteiger partial charge in [0.05, 0.1) is 0 Å². The van der Waals surface area contributed by atoms with Gasteiger partial charge in [-0.15, -0.1) is 0 Å². The molecule has 0 radical (unpaired) electrons. The van der Waals surface area contributed by atoms with Crippen LogP contribution in [0.4, 0.5) is 4.39 Å². The average Bonchev–Trinajstić information content (AvgIpc) is 2.16. The highest BCUT2D eigenvalue weighted by molar-refractivity contribution is 6.30. The molecular weight excluding hydrogens is 221 g/mol. The van der Waals surface area contributed by atoms with E-state index in [0.717, 1.165) is 0 Å². The summed E-state index contributed by atoms with van der Waals surface area (Å²) in [6, 6.07) is 4.21. The third kappa shape index (κ3) is 4.27. The van der Waals surface area contributed by atoms with Crippen molar-refractivity contribution in [3.8, 4) is 0 Å². The highest BCUT2D eigenvalue weighted by Gasteiger charge is 2.01. The molecule has 0 heterocycles. The van der Waals surface area contributed by atoms with Crippen LogP contribution >= 0.6 is 11.6 Å². The van der Waals surface area contributed by atoms with Crippen LogP contribution in [0.2, 0.25) is 5.02 Å². The summed E-state index contributed by atoms with van der Waals surface area (Å²) < 4.78 is 12.9. The first-order valence-corrected chi connectivity index (χ1v) is 4.82. The molecule has 0 aliphatic heterocycles. The van der Waals surface area contributed by atoms with E-state index in [2.05, 4.69) is 5.32 Å². The molecule has 1 amide bonds. The van der Waals surface area contributed by atoms with Gasteiger partial charge in [-0.2, -0.15) is 0 Å². The molecule has 2 N–H and O–H groups in total. The molecule has 0 unspecified atom stereocenters. The van der Waals surface area contributed by atoms with Gasteiger partial charge in [-0.1, -0.05) is 11.6 Å². The zero-order chi connectivity index (χ0) is 11.3. The summed E-state index contributed by atoms with van der Waals surface area (Å²) in [6.07, 6.45) is 0.475. The number of carbonyl (C=O) groups excluding carboxylic acids is 1. The number of nitrogens with one attached hydrogen (secondary N) is 1. The van der Waals surface area contributed by atoms with Crippen molar-refractivity contribution in [1.29, 1.82) is 0 Å². The van der Waals surface area contributed by atoms with E-state index in [4.69, 9.17) is 16.7 Å². The number of hydrogen-bond donors (Lipinski definition) is 2. The van der Waals surface area contributed by atoms with E-state index in [0.29, 0.717) is 23.6 Å². The molecule has 15 heavy (non-hydrogen) atoms. The molecule has 0 aromatic heterocycles. The van der Waals surface area contributed by atoms with E-state index in [1.54, 1.807) is 6.07 Å². The molecule has 0 aliphatic carbocycles. The first-order valence-electron chi connectivity index (χ1n) is 4.44. The molecule has 0 saturated carbocycles. The topological polar surface area (TPSA) is 49.3 Å². The fraction of sp³-hybridized carbons (Fsp3) is 0.300. The lowest BCUT2D eigenvalue weighted by atomic mass is 10.1. The molecule has 0 fully saturated rings. The number of rotatable bonds is 4.